The smallest absolute Gasteiger partial charge is 0.170 e. The minimum absolute atomic E-state index is 0.00966. The summed E-state index contributed by atoms with van der Waals surface area (Å²) in [7, 11) is 0. The van der Waals surface area contributed by atoms with Gasteiger partial charge in [0.25, 0.3) is 0 Å². The van der Waals surface area contributed by atoms with Crippen LogP contribution in [0.3, 0.4) is 0 Å². The van der Waals surface area contributed by atoms with Crippen LogP contribution in [0.25, 0.3) is 5.82 Å². The van der Waals surface area contributed by atoms with Gasteiger partial charge in [0.05, 0.1) is 36.0 Å². The van der Waals surface area contributed by atoms with Crippen molar-refractivity contribution in [2.75, 3.05) is 39.4 Å². The second-order valence-electron chi connectivity index (χ2n) is 8.27. The van der Waals surface area contributed by atoms with Crippen LogP contribution in [0.1, 0.15) is 29.9 Å². The third-order valence-electron chi connectivity index (χ3n) is 6.22. The van der Waals surface area contributed by atoms with E-state index in [-0.39, 0.29) is 12.1 Å². The topological polar surface area (TPSA) is 58.5 Å². The third kappa shape index (κ3) is 4.89. The van der Waals surface area contributed by atoms with E-state index < -0.39 is 0 Å². The van der Waals surface area contributed by atoms with Crippen molar-refractivity contribution in [3.8, 4) is 5.82 Å². The molecule has 9 heteroatoms. The highest BCUT2D eigenvalue weighted by Gasteiger charge is 2.41. The van der Waals surface area contributed by atoms with Gasteiger partial charge >= 0.3 is 0 Å². The number of hydrogen-bond donors (Lipinski definition) is 1. The zero-order chi connectivity index (χ0) is 22.6. The number of pyridine rings is 2. The van der Waals surface area contributed by atoms with E-state index in [1.165, 1.54) is 0 Å². The van der Waals surface area contributed by atoms with Gasteiger partial charge in [0.1, 0.15) is 5.82 Å². The lowest BCUT2D eigenvalue weighted by Gasteiger charge is -2.30. The second kappa shape index (κ2) is 10.2. The fourth-order valence-electron chi connectivity index (χ4n) is 4.61. The molecular formula is C24H27ClN6OS. The number of nitrogens with one attached hydrogen (secondary N) is 1. The molecule has 2 fully saturated rings. The van der Waals surface area contributed by atoms with Gasteiger partial charge in [0.15, 0.2) is 5.11 Å². The summed E-state index contributed by atoms with van der Waals surface area (Å²) in [6, 6.07) is 13.9. The number of rotatable bonds is 7. The minimum Gasteiger partial charge on any atom is -0.379 e. The molecule has 0 aromatic carbocycles. The van der Waals surface area contributed by atoms with Crippen LogP contribution in [0.15, 0.2) is 61.1 Å². The summed E-state index contributed by atoms with van der Waals surface area (Å²) < 4.78 is 7.59. The molecule has 0 radical (unpaired) electrons. The van der Waals surface area contributed by atoms with Crippen molar-refractivity contribution in [2.45, 2.75) is 18.5 Å². The van der Waals surface area contributed by atoms with Gasteiger partial charge in [0.2, 0.25) is 0 Å². The molecule has 3 aromatic rings. The van der Waals surface area contributed by atoms with Crippen molar-refractivity contribution in [3.05, 3.63) is 77.5 Å². The number of thiocarbonyl (C=S) groups is 1. The molecule has 3 aromatic heterocycles. The number of morpholine rings is 1. The van der Waals surface area contributed by atoms with E-state index >= 15 is 0 Å². The second-order valence-corrected chi connectivity index (χ2v) is 9.09. The molecule has 2 aliphatic rings. The molecule has 0 saturated carbocycles. The first-order valence-electron chi connectivity index (χ1n) is 11.3. The lowest BCUT2D eigenvalue weighted by molar-refractivity contribution is 0.0365. The van der Waals surface area contributed by atoms with E-state index in [0.717, 1.165) is 68.1 Å². The van der Waals surface area contributed by atoms with Gasteiger partial charge in [-0.2, -0.15) is 0 Å². The van der Waals surface area contributed by atoms with Gasteiger partial charge in [-0.25, -0.2) is 4.98 Å². The number of ether oxygens (including phenoxy) is 1. The van der Waals surface area contributed by atoms with Crippen LogP contribution in [0.2, 0.25) is 5.02 Å². The third-order valence-corrected chi connectivity index (χ3v) is 6.79. The van der Waals surface area contributed by atoms with Crippen molar-refractivity contribution >= 4 is 28.9 Å². The molecule has 0 spiro atoms. The van der Waals surface area contributed by atoms with Crippen LogP contribution < -0.4 is 5.32 Å². The lowest BCUT2D eigenvalue weighted by atomic mass is 10.0. The minimum atomic E-state index is -0.0527. The van der Waals surface area contributed by atoms with Gasteiger partial charge in [0, 0.05) is 50.5 Å². The Kier molecular flexibility index (Phi) is 6.87. The van der Waals surface area contributed by atoms with Gasteiger partial charge in [-0.1, -0.05) is 17.7 Å². The first-order chi connectivity index (χ1) is 16.2. The molecule has 5 rings (SSSR count). The maximum atomic E-state index is 6.08. The van der Waals surface area contributed by atoms with Crippen molar-refractivity contribution < 1.29 is 4.74 Å². The Bertz CT molecular complexity index is 1070. The van der Waals surface area contributed by atoms with Gasteiger partial charge < -0.3 is 19.5 Å². The molecule has 0 aliphatic carbocycles. The van der Waals surface area contributed by atoms with Crippen LogP contribution in [-0.2, 0) is 4.74 Å². The molecule has 2 saturated heterocycles. The first kappa shape index (κ1) is 22.3. The SMILES string of the molecule is S=C1NC(c2ccccn2)C(c2cccn2-c2ccc(Cl)cn2)N1CCCN1CCOCC1. The molecule has 2 atom stereocenters. The highest BCUT2D eigenvalue weighted by molar-refractivity contribution is 7.80. The van der Waals surface area contributed by atoms with Crippen LogP contribution in [0.4, 0.5) is 0 Å². The van der Waals surface area contributed by atoms with Gasteiger partial charge in [-0.05, 0) is 55.0 Å². The fraction of sp³-hybridized carbons (Fsp3) is 0.375. The molecule has 0 amide bonds. The van der Waals surface area contributed by atoms with Crippen LogP contribution in [0.5, 0.6) is 0 Å². The number of nitrogens with zero attached hydrogens (tertiary/aromatic N) is 5. The molecule has 5 heterocycles. The Labute approximate surface area is 204 Å². The van der Waals surface area contributed by atoms with E-state index in [4.69, 9.17) is 28.6 Å². The standard InChI is InChI=1S/C24H27ClN6OS/c25-18-7-8-21(27-17-18)30-11-3-6-20(30)23-22(19-5-1-2-9-26-19)28-24(33)31(23)12-4-10-29-13-15-32-16-14-29/h1-3,5-9,11,17,22-23H,4,10,12-16H2,(H,28,33). The average molecular weight is 483 g/mol. The van der Waals surface area contributed by atoms with Crippen molar-refractivity contribution in [3.63, 3.8) is 0 Å². The van der Waals surface area contributed by atoms with E-state index in [1.807, 2.05) is 42.7 Å². The Morgan fingerprint density at radius 1 is 1.06 bits per heavy atom. The monoisotopic (exact) mass is 482 g/mol. The van der Waals surface area contributed by atoms with E-state index in [2.05, 4.69) is 41.8 Å². The van der Waals surface area contributed by atoms with Crippen LogP contribution in [0, 0.1) is 0 Å². The molecule has 2 unspecified atom stereocenters. The number of hydrogen-bond acceptors (Lipinski definition) is 5. The van der Waals surface area contributed by atoms with Crippen molar-refractivity contribution in [2.24, 2.45) is 0 Å². The van der Waals surface area contributed by atoms with E-state index in [0.29, 0.717) is 5.02 Å². The summed E-state index contributed by atoms with van der Waals surface area (Å²) in [6.07, 6.45) is 6.56. The van der Waals surface area contributed by atoms with Crippen LogP contribution in [-0.4, -0.2) is 68.8 Å². The molecular weight excluding hydrogens is 456 g/mol. The fourth-order valence-corrected chi connectivity index (χ4v) is 5.06. The molecule has 172 valence electrons. The quantitative estimate of drug-likeness (QED) is 0.516. The van der Waals surface area contributed by atoms with Crippen molar-refractivity contribution in [1.82, 2.24) is 29.7 Å². The Morgan fingerprint density at radius 3 is 2.70 bits per heavy atom. The molecule has 7 nitrogen and oxygen atoms in total. The van der Waals surface area contributed by atoms with Gasteiger partial charge in [-0.3, -0.25) is 9.88 Å². The zero-order valence-corrected chi connectivity index (χ0v) is 19.9. The predicted molar refractivity (Wildman–Crippen MR) is 133 cm³/mol. The predicted octanol–water partition coefficient (Wildman–Crippen LogP) is 3.62. The normalized spacial score (nSPS) is 21.4. The summed E-state index contributed by atoms with van der Waals surface area (Å²) in [5.41, 5.74) is 2.08. The summed E-state index contributed by atoms with van der Waals surface area (Å²) >= 11 is 11.9. The van der Waals surface area contributed by atoms with Crippen LogP contribution >= 0.6 is 23.8 Å². The maximum absolute atomic E-state index is 6.08. The van der Waals surface area contributed by atoms with E-state index in [9.17, 15) is 0 Å². The van der Waals surface area contributed by atoms with E-state index in [1.54, 1.807) is 6.20 Å². The summed E-state index contributed by atoms with van der Waals surface area (Å²) in [4.78, 5) is 13.9. The molecule has 33 heavy (non-hydrogen) atoms. The summed E-state index contributed by atoms with van der Waals surface area (Å²) in [6.45, 7) is 5.51. The zero-order valence-electron chi connectivity index (χ0n) is 18.3. The highest BCUT2D eigenvalue weighted by atomic mass is 35.5. The summed E-state index contributed by atoms with van der Waals surface area (Å²) in [5.74, 6) is 0.824. The highest BCUT2D eigenvalue weighted by Crippen LogP contribution is 2.39. The number of halogens is 1. The molecule has 0 bridgehead atoms. The Balaban J connectivity index is 1.44. The Morgan fingerprint density at radius 2 is 1.94 bits per heavy atom. The first-order valence-corrected chi connectivity index (χ1v) is 12.1. The maximum Gasteiger partial charge on any atom is 0.170 e. The summed E-state index contributed by atoms with van der Waals surface area (Å²) in [5, 5.41) is 4.92. The number of aromatic nitrogens is 3. The van der Waals surface area contributed by atoms with Gasteiger partial charge in [-0.15, -0.1) is 0 Å². The molecule has 1 N–H and O–H groups in total. The average Bonchev–Trinajstić information content (AvgIpc) is 3.45. The lowest BCUT2D eigenvalue weighted by Crippen LogP contribution is -2.39. The molecule has 2 aliphatic heterocycles. The largest absolute Gasteiger partial charge is 0.379 e. The Hall–Kier alpha value is -2.52. The van der Waals surface area contributed by atoms with Crippen molar-refractivity contribution in [1.29, 1.82) is 0 Å².